The molecule has 4 atom stereocenters. The Morgan fingerprint density at radius 1 is 1.35 bits per heavy atom. The zero-order valence-electron chi connectivity index (χ0n) is 11.0. The van der Waals surface area contributed by atoms with Gasteiger partial charge in [-0.25, -0.2) is 4.79 Å². The number of nitrogens with zero attached hydrogens (tertiary/aromatic N) is 4. The summed E-state index contributed by atoms with van der Waals surface area (Å²) in [5.41, 5.74) is 0. The first kappa shape index (κ1) is 12.8. The molecular weight excluding hydrogens is 264 g/mol. The first-order valence-electron chi connectivity index (χ1n) is 6.59. The fourth-order valence-electron chi connectivity index (χ4n) is 3.48. The topological polar surface area (TPSA) is 122 Å². The van der Waals surface area contributed by atoms with Gasteiger partial charge in [0.2, 0.25) is 0 Å². The van der Waals surface area contributed by atoms with E-state index in [-0.39, 0.29) is 23.8 Å². The molecule has 0 radical (unpaired) electrons. The number of tetrazole rings is 1. The van der Waals surface area contributed by atoms with E-state index in [9.17, 15) is 14.7 Å². The van der Waals surface area contributed by atoms with Gasteiger partial charge in [-0.1, -0.05) is 5.10 Å². The normalized spacial score (nSPS) is 31.2. The lowest BCUT2D eigenvalue weighted by Crippen LogP contribution is -2.48. The van der Waals surface area contributed by atoms with E-state index in [4.69, 9.17) is 0 Å². The van der Waals surface area contributed by atoms with Crippen LogP contribution in [0.4, 0.5) is 10.7 Å². The first-order chi connectivity index (χ1) is 9.54. The summed E-state index contributed by atoms with van der Waals surface area (Å²) in [5.74, 6) is -0.798. The number of nitrogens with one attached hydrogen (secondary N) is 2. The first-order valence-corrected chi connectivity index (χ1v) is 6.59. The number of carboxylic acid groups (broad SMARTS) is 1. The van der Waals surface area contributed by atoms with E-state index < -0.39 is 17.9 Å². The number of aryl methyl sites for hydroxylation is 1. The van der Waals surface area contributed by atoms with Gasteiger partial charge < -0.3 is 10.4 Å². The Bertz CT molecular complexity index is 544. The van der Waals surface area contributed by atoms with Crippen LogP contribution in [0.3, 0.4) is 0 Å². The van der Waals surface area contributed by atoms with Crippen LogP contribution in [0.15, 0.2) is 0 Å². The molecule has 9 nitrogen and oxygen atoms in total. The number of amides is 2. The number of hydrogen-bond acceptors (Lipinski definition) is 5. The summed E-state index contributed by atoms with van der Waals surface area (Å²) in [6, 6.07) is -0.801. The Labute approximate surface area is 114 Å². The number of fused-ring (bicyclic) bond motifs is 2. The molecule has 9 heteroatoms. The van der Waals surface area contributed by atoms with Gasteiger partial charge in [-0.15, -0.1) is 5.10 Å². The van der Waals surface area contributed by atoms with Crippen LogP contribution in [-0.2, 0) is 11.8 Å². The van der Waals surface area contributed by atoms with Crippen LogP contribution in [0.1, 0.15) is 19.3 Å². The van der Waals surface area contributed by atoms with E-state index in [0.717, 1.165) is 19.3 Å². The highest BCUT2D eigenvalue weighted by atomic mass is 16.4. The fraction of sp³-hybridized carbons (Fsp3) is 0.727. The predicted molar refractivity (Wildman–Crippen MR) is 66.7 cm³/mol. The third-order valence-corrected chi connectivity index (χ3v) is 4.23. The van der Waals surface area contributed by atoms with Crippen molar-refractivity contribution in [1.29, 1.82) is 0 Å². The second-order valence-corrected chi connectivity index (χ2v) is 5.42. The summed E-state index contributed by atoms with van der Waals surface area (Å²) >= 11 is 0. The maximum atomic E-state index is 11.9. The van der Waals surface area contributed by atoms with Crippen molar-refractivity contribution in [1.82, 2.24) is 25.5 Å². The highest BCUT2D eigenvalue weighted by molar-refractivity contribution is 5.88. The van der Waals surface area contributed by atoms with Crippen molar-refractivity contribution in [3.63, 3.8) is 0 Å². The third kappa shape index (κ3) is 2.19. The Kier molecular flexibility index (Phi) is 3.03. The highest BCUT2D eigenvalue weighted by Crippen LogP contribution is 2.48. The molecule has 2 fully saturated rings. The molecule has 2 bridgehead atoms. The van der Waals surface area contributed by atoms with E-state index in [1.54, 1.807) is 7.05 Å². The van der Waals surface area contributed by atoms with E-state index in [0.29, 0.717) is 0 Å². The molecule has 20 heavy (non-hydrogen) atoms. The molecule has 4 unspecified atom stereocenters. The molecule has 0 aliphatic heterocycles. The van der Waals surface area contributed by atoms with Gasteiger partial charge in [0.25, 0.3) is 5.95 Å². The molecule has 2 saturated carbocycles. The number of rotatable bonds is 3. The quantitative estimate of drug-likeness (QED) is 0.706. The molecule has 0 aromatic carbocycles. The van der Waals surface area contributed by atoms with E-state index in [1.807, 2.05) is 0 Å². The summed E-state index contributed by atoms with van der Waals surface area (Å²) < 4.78 is 0. The fourth-order valence-corrected chi connectivity index (χ4v) is 3.48. The molecule has 0 spiro atoms. The van der Waals surface area contributed by atoms with Crippen LogP contribution in [0.5, 0.6) is 0 Å². The van der Waals surface area contributed by atoms with Gasteiger partial charge in [0.05, 0.1) is 13.0 Å². The minimum Gasteiger partial charge on any atom is -0.481 e. The van der Waals surface area contributed by atoms with Crippen LogP contribution < -0.4 is 10.6 Å². The van der Waals surface area contributed by atoms with Crippen molar-refractivity contribution < 1.29 is 14.7 Å². The van der Waals surface area contributed by atoms with Gasteiger partial charge in [0.1, 0.15) is 0 Å². The number of aromatic nitrogens is 4. The van der Waals surface area contributed by atoms with Crippen LogP contribution >= 0.6 is 0 Å². The Morgan fingerprint density at radius 2 is 2.10 bits per heavy atom. The largest absolute Gasteiger partial charge is 0.481 e. The third-order valence-electron chi connectivity index (χ3n) is 4.23. The van der Waals surface area contributed by atoms with E-state index >= 15 is 0 Å². The molecular formula is C11H16N6O3. The lowest BCUT2D eigenvalue weighted by atomic mass is 9.84. The summed E-state index contributed by atoms with van der Waals surface area (Å²) in [7, 11) is 1.59. The van der Waals surface area contributed by atoms with Gasteiger partial charge in [-0.05, 0) is 36.3 Å². The smallest absolute Gasteiger partial charge is 0.321 e. The summed E-state index contributed by atoms with van der Waals surface area (Å²) in [4.78, 5) is 24.5. The van der Waals surface area contributed by atoms with E-state index in [1.165, 1.54) is 4.80 Å². The monoisotopic (exact) mass is 280 g/mol. The van der Waals surface area contributed by atoms with Crippen LogP contribution in [-0.4, -0.2) is 43.4 Å². The van der Waals surface area contributed by atoms with Crippen molar-refractivity contribution in [2.24, 2.45) is 24.8 Å². The van der Waals surface area contributed by atoms with Crippen LogP contribution in [0, 0.1) is 17.8 Å². The van der Waals surface area contributed by atoms with Gasteiger partial charge in [-0.3, -0.25) is 10.1 Å². The molecule has 108 valence electrons. The number of hydrogen-bond donors (Lipinski definition) is 3. The molecule has 1 aromatic rings. The number of aliphatic carboxylic acids is 1. The van der Waals surface area contributed by atoms with Crippen LogP contribution in [0.2, 0.25) is 0 Å². The number of carbonyl (C=O) groups excluding carboxylic acids is 1. The van der Waals surface area contributed by atoms with Gasteiger partial charge >= 0.3 is 12.0 Å². The number of carbonyl (C=O) groups is 2. The van der Waals surface area contributed by atoms with Crippen molar-refractivity contribution in [3.05, 3.63) is 0 Å². The van der Waals surface area contributed by atoms with Crippen molar-refractivity contribution >= 4 is 17.9 Å². The molecule has 3 rings (SSSR count). The highest BCUT2D eigenvalue weighted by Gasteiger charge is 2.51. The summed E-state index contributed by atoms with van der Waals surface area (Å²) in [5, 5.41) is 25.6. The molecule has 2 aliphatic rings. The average Bonchev–Trinajstić information content (AvgIpc) is 3.04. The lowest BCUT2D eigenvalue weighted by Gasteiger charge is -2.28. The molecule has 1 heterocycles. The van der Waals surface area contributed by atoms with Gasteiger partial charge in [-0.2, -0.15) is 4.80 Å². The molecule has 1 aromatic heterocycles. The zero-order valence-corrected chi connectivity index (χ0v) is 11.0. The van der Waals surface area contributed by atoms with Gasteiger partial charge in [0, 0.05) is 6.04 Å². The Hall–Kier alpha value is -2.19. The molecule has 2 amide bonds. The Balaban J connectivity index is 1.64. The number of urea groups is 1. The maximum Gasteiger partial charge on any atom is 0.321 e. The van der Waals surface area contributed by atoms with Gasteiger partial charge in [0.15, 0.2) is 0 Å². The van der Waals surface area contributed by atoms with Crippen LogP contribution in [0.25, 0.3) is 0 Å². The second kappa shape index (κ2) is 4.73. The lowest BCUT2D eigenvalue weighted by molar-refractivity contribution is -0.144. The number of anilines is 1. The van der Waals surface area contributed by atoms with E-state index in [2.05, 4.69) is 26.0 Å². The molecule has 2 aliphatic carbocycles. The standard InChI is InChI=1S/C11H16N6O3/c1-17-15-10(14-16-17)13-11(20)12-8-6-3-2-5(4-6)7(8)9(18)19/h5-8H,2-4H2,1H3,(H,18,19)(H2,12,13,15,20). The van der Waals surface area contributed by atoms with Crippen molar-refractivity contribution in [2.75, 3.05) is 5.32 Å². The number of carboxylic acids is 1. The molecule has 0 saturated heterocycles. The average molecular weight is 280 g/mol. The Morgan fingerprint density at radius 3 is 2.75 bits per heavy atom. The maximum absolute atomic E-state index is 11.9. The zero-order chi connectivity index (χ0) is 14.3. The predicted octanol–water partition coefficient (Wildman–Crippen LogP) is -0.169. The summed E-state index contributed by atoms with van der Waals surface area (Å²) in [6.07, 6.45) is 2.79. The second-order valence-electron chi connectivity index (χ2n) is 5.42. The van der Waals surface area contributed by atoms with Crippen molar-refractivity contribution in [3.8, 4) is 0 Å². The molecule has 3 N–H and O–H groups in total. The SMILES string of the molecule is Cn1nnc(NC(=O)NC2C3CCC(C3)C2C(=O)O)n1. The minimum atomic E-state index is -0.833. The summed E-state index contributed by atoms with van der Waals surface area (Å²) in [6.45, 7) is 0. The van der Waals surface area contributed by atoms with Crippen molar-refractivity contribution in [2.45, 2.75) is 25.3 Å². The minimum absolute atomic E-state index is 0.0973.